The number of rotatable bonds is 7. The molecule has 2 saturated heterocycles. The predicted octanol–water partition coefficient (Wildman–Crippen LogP) is 5.51. The smallest absolute Gasteiger partial charge is 0.223 e. The Kier molecular flexibility index (Phi) is 8.48. The molecule has 0 radical (unpaired) electrons. The summed E-state index contributed by atoms with van der Waals surface area (Å²) in [5.41, 5.74) is 3.69. The standard InChI is InChI=1S/C26H33Cl2N3O/c27-24-8-7-22(16-25(24)28)19-31-13-9-23(10-14-31)26(32)29-17-20-5-4-6-21(15-20)18-30-11-2-1-3-12-30/h4-8,15-16,23H,1-3,9-14,17-19H2,(H,29,32). The van der Waals surface area contributed by atoms with Crippen molar-refractivity contribution in [2.24, 2.45) is 5.92 Å². The highest BCUT2D eigenvalue weighted by Crippen LogP contribution is 2.25. The average Bonchev–Trinajstić information content (AvgIpc) is 2.81. The lowest BCUT2D eigenvalue weighted by molar-refractivity contribution is -0.126. The fraction of sp³-hybridized carbons (Fsp3) is 0.500. The van der Waals surface area contributed by atoms with Crippen molar-refractivity contribution in [3.63, 3.8) is 0 Å². The minimum atomic E-state index is 0.0941. The number of benzene rings is 2. The van der Waals surface area contributed by atoms with Gasteiger partial charge >= 0.3 is 0 Å². The van der Waals surface area contributed by atoms with Crippen molar-refractivity contribution in [1.82, 2.24) is 15.1 Å². The molecule has 0 atom stereocenters. The number of piperidine rings is 2. The molecule has 2 aliphatic rings. The number of likely N-dealkylation sites (tertiary alicyclic amines) is 2. The van der Waals surface area contributed by atoms with Crippen LogP contribution in [-0.4, -0.2) is 41.9 Å². The molecule has 2 aromatic carbocycles. The molecule has 2 aliphatic heterocycles. The Morgan fingerprint density at radius 1 is 0.812 bits per heavy atom. The molecule has 6 heteroatoms. The monoisotopic (exact) mass is 473 g/mol. The third-order valence-corrected chi connectivity index (χ3v) is 7.40. The van der Waals surface area contributed by atoms with Crippen LogP contribution in [0.1, 0.15) is 48.8 Å². The zero-order chi connectivity index (χ0) is 22.3. The van der Waals surface area contributed by atoms with E-state index >= 15 is 0 Å². The molecule has 0 spiro atoms. The van der Waals surface area contributed by atoms with Gasteiger partial charge in [0.15, 0.2) is 0 Å². The molecule has 2 fully saturated rings. The van der Waals surface area contributed by atoms with Crippen LogP contribution in [-0.2, 0) is 24.4 Å². The Hall–Kier alpha value is -1.59. The molecule has 0 saturated carbocycles. The lowest BCUT2D eigenvalue weighted by Gasteiger charge is -2.31. The van der Waals surface area contributed by atoms with Crippen molar-refractivity contribution < 1.29 is 4.79 Å². The molecule has 0 unspecified atom stereocenters. The molecule has 0 bridgehead atoms. The first kappa shape index (κ1) is 23.6. The van der Waals surface area contributed by atoms with E-state index < -0.39 is 0 Å². The van der Waals surface area contributed by atoms with Crippen LogP contribution in [0.2, 0.25) is 10.0 Å². The summed E-state index contributed by atoms with van der Waals surface area (Å²) in [4.78, 5) is 17.7. The summed E-state index contributed by atoms with van der Waals surface area (Å²) in [7, 11) is 0. The van der Waals surface area contributed by atoms with E-state index in [1.54, 1.807) is 0 Å². The number of nitrogens with zero attached hydrogens (tertiary/aromatic N) is 2. The van der Waals surface area contributed by atoms with Crippen LogP contribution in [0.15, 0.2) is 42.5 Å². The molecule has 1 amide bonds. The van der Waals surface area contributed by atoms with Crippen LogP contribution in [0, 0.1) is 5.92 Å². The second-order valence-corrected chi connectivity index (χ2v) is 9.99. The number of halogens is 2. The zero-order valence-corrected chi connectivity index (χ0v) is 20.2. The molecular formula is C26H33Cl2N3O. The van der Waals surface area contributed by atoms with E-state index in [1.807, 2.05) is 18.2 Å². The van der Waals surface area contributed by atoms with Crippen molar-refractivity contribution >= 4 is 29.1 Å². The largest absolute Gasteiger partial charge is 0.352 e. The highest BCUT2D eigenvalue weighted by molar-refractivity contribution is 6.42. The quantitative estimate of drug-likeness (QED) is 0.575. The van der Waals surface area contributed by atoms with Crippen molar-refractivity contribution in [2.45, 2.75) is 51.7 Å². The van der Waals surface area contributed by atoms with E-state index in [4.69, 9.17) is 23.2 Å². The number of carbonyl (C=O) groups excluding carboxylic acids is 1. The van der Waals surface area contributed by atoms with Gasteiger partial charge in [-0.25, -0.2) is 0 Å². The maximum Gasteiger partial charge on any atom is 0.223 e. The maximum absolute atomic E-state index is 12.8. The van der Waals surface area contributed by atoms with E-state index in [0.29, 0.717) is 16.6 Å². The van der Waals surface area contributed by atoms with Gasteiger partial charge in [0.2, 0.25) is 5.91 Å². The number of carbonyl (C=O) groups is 1. The molecule has 2 heterocycles. The molecule has 4 nitrogen and oxygen atoms in total. The molecule has 32 heavy (non-hydrogen) atoms. The number of hydrogen-bond donors (Lipinski definition) is 1. The third kappa shape index (κ3) is 6.71. The van der Waals surface area contributed by atoms with E-state index in [0.717, 1.165) is 44.6 Å². The Labute approximate surface area is 201 Å². The fourth-order valence-corrected chi connectivity index (χ4v) is 5.12. The van der Waals surface area contributed by atoms with E-state index in [2.05, 4.69) is 39.4 Å². The summed E-state index contributed by atoms with van der Waals surface area (Å²) in [6.45, 7) is 6.70. The van der Waals surface area contributed by atoms with Crippen molar-refractivity contribution in [1.29, 1.82) is 0 Å². The van der Waals surface area contributed by atoms with E-state index in [-0.39, 0.29) is 11.8 Å². The van der Waals surface area contributed by atoms with Crippen LogP contribution in [0.25, 0.3) is 0 Å². The van der Waals surface area contributed by atoms with E-state index in [1.165, 1.54) is 43.5 Å². The first-order valence-electron chi connectivity index (χ1n) is 11.8. The van der Waals surface area contributed by atoms with E-state index in [9.17, 15) is 4.79 Å². The van der Waals surface area contributed by atoms with Gasteiger partial charge in [-0.15, -0.1) is 0 Å². The highest BCUT2D eigenvalue weighted by Gasteiger charge is 2.25. The summed E-state index contributed by atoms with van der Waals surface area (Å²) in [6, 6.07) is 14.5. The van der Waals surface area contributed by atoms with Gasteiger partial charge in [0, 0.05) is 25.6 Å². The maximum atomic E-state index is 12.8. The van der Waals surface area contributed by atoms with Crippen molar-refractivity contribution in [3.05, 3.63) is 69.2 Å². The van der Waals surface area contributed by atoms with Gasteiger partial charge in [-0.3, -0.25) is 14.6 Å². The van der Waals surface area contributed by atoms with Gasteiger partial charge in [0.25, 0.3) is 0 Å². The van der Waals surface area contributed by atoms with Gasteiger partial charge in [0.1, 0.15) is 0 Å². The summed E-state index contributed by atoms with van der Waals surface area (Å²) < 4.78 is 0. The van der Waals surface area contributed by atoms with Crippen LogP contribution >= 0.6 is 23.2 Å². The van der Waals surface area contributed by atoms with Crippen molar-refractivity contribution in [3.8, 4) is 0 Å². The molecule has 172 valence electrons. The van der Waals surface area contributed by atoms with Gasteiger partial charge in [-0.2, -0.15) is 0 Å². The van der Waals surface area contributed by atoms with Gasteiger partial charge in [0.05, 0.1) is 10.0 Å². The lowest BCUT2D eigenvalue weighted by Crippen LogP contribution is -2.40. The molecule has 4 rings (SSSR count). The van der Waals surface area contributed by atoms with Gasteiger partial charge < -0.3 is 5.32 Å². The Morgan fingerprint density at radius 2 is 1.47 bits per heavy atom. The van der Waals surface area contributed by atoms with Crippen LogP contribution in [0.5, 0.6) is 0 Å². The second kappa shape index (κ2) is 11.5. The number of hydrogen-bond acceptors (Lipinski definition) is 3. The minimum Gasteiger partial charge on any atom is -0.352 e. The first-order valence-corrected chi connectivity index (χ1v) is 12.6. The normalized spacial score (nSPS) is 18.6. The molecule has 0 aliphatic carbocycles. The lowest BCUT2D eigenvalue weighted by atomic mass is 9.95. The van der Waals surface area contributed by atoms with Crippen LogP contribution in [0.3, 0.4) is 0 Å². The molecular weight excluding hydrogens is 441 g/mol. The second-order valence-electron chi connectivity index (χ2n) is 9.17. The van der Waals surface area contributed by atoms with Crippen molar-refractivity contribution in [2.75, 3.05) is 26.2 Å². The Bertz CT molecular complexity index is 906. The third-order valence-electron chi connectivity index (χ3n) is 6.66. The summed E-state index contributed by atoms with van der Waals surface area (Å²) in [6.07, 6.45) is 5.76. The molecule has 1 N–H and O–H groups in total. The average molecular weight is 474 g/mol. The summed E-state index contributed by atoms with van der Waals surface area (Å²) in [5.74, 6) is 0.275. The SMILES string of the molecule is O=C(NCc1cccc(CN2CCCCC2)c1)C1CCN(Cc2ccc(Cl)c(Cl)c2)CC1. The summed E-state index contributed by atoms with van der Waals surface area (Å²) >= 11 is 12.1. The van der Waals surface area contributed by atoms with Crippen LogP contribution in [0.4, 0.5) is 0 Å². The topological polar surface area (TPSA) is 35.6 Å². The highest BCUT2D eigenvalue weighted by atomic mass is 35.5. The minimum absolute atomic E-state index is 0.0941. The van der Waals surface area contributed by atoms with Crippen LogP contribution < -0.4 is 5.32 Å². The Balaban J connectivity index is 1.21. The fourth-order valence-electron chi connectivity index (χ4n) is 4.80. The van der Waals surface area contributed by atoms with Gasteiger partial charge in [-0.1, -0.05) is 60.0 Å². The first-order chi connectivity index (χ1) is 15.6. The van der Waals surface area contributed by atoms with Gasteiger partial charge in [-0.05, 0) is 80.7 Å². The summed E-state index contributed by atoms with van der Waals surface area (Å²) in [5, 5.41) is 4.36. The molecule has 2 aromatic rings. The predicted molar refractivity (Wildman–Crippen MR) is 132 cm³/mol. The Morgan fingerprint density at radius 3 is 2.19 bits per heavy atom. The molecule has 0 aromatic heterocycles. The number of amides is 1. The number of nitrogens with one attached hydrogen (secondary N) is 1. The zero-order valence-electron chi connectivity index (χ0n) is 18.7.